The van der Waals surface area contributed by atoms with Gasteiger partial charge in [0, 0.05) is 24.0 Å². The molecule has 1 N–H and O–H groups in total. The first-order valence-electron chi connectivity index (χ1n) is 13.8. The molecule has 3 aromatic rings. The summed E-state index contributed by atoms with van der Waals surface area (Å²) in [5.74, 6) is -1.76. The van der Waals surface area contributed by atoms with E-state index in [4.69, 9.17) is 11.6 Å². The summed E-state index contributed by atoms with van der Waals surface area (Å²) < 4.78 is 27.1. The predicted molar refractivity (Wildman–Crippen MR) is 156 cm³/mol. The van der Waals surface area contributed by atoms with Crippen LogP contribution in [0.5, 0.6) is 0 Å². The molecule has 0 aromatic heterocycles. The molecule has 0 bridgehead atoms. The molecule has 0 radical (unpaired) electrons. The lowest BCUT2D eigenvalue weighted by Gasteiger charge is -2.34. The van der Waals surface area contributed by atoms with Crippen LogP contribution in [0.25, 0.3) is 0 Å². The van der Waals surface area contributed by atoms with Gasteiger partial charge in [0.25, 0.3) is 15.9 Å². The molecular weight excluding hydrogens is 562 g/mol. The lowest BCUT2D eigenvalue weighted by Crippen LogP contribution is -2.55. The fourth-order valence-electron chi connectivity index (χ4n) is 5.51. The maximum absolute atomic E-state index is 14.1. The van der Waals surface area contributed by atoms with Crippen molar-refractivity contribution in [1.29, 1.82) is 0 Å². The van der Waals surface area contributed by atoms with Crippen LogP contribution in [-0.4, -0.2) is 54.0 Å². The molecule has 41 heavy (non-hydrogen) atoms. The quantitative estimate of drug-likeness (QED) is 0.391. The van der Waals surface area contributed by atoms with E-state index in [2.05, 4.69) is 5.32 Å². The number of nitrogens with zero attached hydrogens (tertiary/aromatic N) is 2. The van der Waals surface area contributed by atoms with Gasteiger partial charge >= 0.3 is 0 Å². The molecule has 214 valence electrons. The van der Waals surface area contributed by atoms with Crippen molar-refractivity contribution in [3.63, 3.8) is 0 Å². The molecule has 0 saturated heterocycles. The van der Waals surface area contributed by atoms with E-state index >= 15 is 0 Å². The zero-order valence-corrected chi connectivity index (χ0v) is 24.1. The Bertz CT molecular complexity index is 1540. The van der Waals surface area contributed by atoms with Crippen LogP contribution in [0.2, 0.25) is 5.02 Å². The van der Waals surface area contributed by atoms with Crippen molar-refractivity contribution < 1.29 is 22.8 Å². The first kappa shape index (κ1) is 28.8. The Morgan fingerprint density at radius 3 is 2.29 bits per heavy atom. The molecule has 1 aliphatic carbocycles. The van der Waals surface area contributed by atoms with Gasteiger partial charge in [-0.05, 0) is 42.2 Å². The van der Waals surface area contributed by atoms with Gasteiger partial charge in [0.05, 0.1) is 5.56 Å². The van der Waals surface area contributed by atoms with Gasteiger partial charge in [0.1, 0.15) is 17.5 Å². The van der Waals surface area contributed by atoms with Crippen LogP contribution in [0, 0.1) is 0 Å². The van der Waals surface area contributed by atoms with Crippen molar-refractivity contribution in [2.45, 2.75) is 62.0 Å². The number of carbonyl (C=O) groups is 3. The Morgan fingerprint density at radius 1 is 0.927 bits per heavy atom. The van der Waals surface area contributed by atoms with Crippen LogP contribution in [0.4, 0.5) is 0 Å². The van der Waals surface area contributed by atoms with Gasteiger partial charge in [0.15, 0.2) is 0 Å². The van der Waals surface area contributed by atoms with Gasteiger partial charge in [0.2, 0.25) is 11.8 Å². The highest BCUT2D eigenvalue weighted by Crippen LogP contribution is 2.30. The fourth-order valence-corrected chi connectivity index (χ4v) is 7.22. The van der Waals surface area contributed by atoms with Crippen molar-refractivity contribution in [3.05, 3.63) is 101 Å². The van der Waals surface area contributed by atoms with Gasteiger partial charge in [-0.15, -0.1) is 0 Å². The van der Waals surface area contributed by atoms with E-state index < -0.39 is 34.4 Å². The summed E-state index contributed by atoms with van der Waals surface area (Å²) in [6.07, 6.45) is 5.09. The van der Waals surface area contributed by atoms with Crippen LogP contribution in [0.1, 0.15) is 53.6 Å². The Balaban J connectivity index is 1.50. The number of hydrogen-bond acceptors (Lipinski definition) is 5. The second-order valence-corrected chi connectivity index (χ2v) is 12.7. The number of halogens is 1. The lowest BCUT2D eigenvalue weighted by atomic mass is 9.94. The Kier molecular flexibility index (Phi) is 8.75. The maximum Gasteiger partial charge on any atom is 0.269 e. The molecule has 5 rings (SSSR count). The van der Waals surface area contributed by atoms with Crippen LogP contribution < -0.4 is 5.32 Å². The lowest BCUT2D eigenvalue weighted by molar-refractivity contribution is -0.141. The molecule has 3 aromatic carbocycles. The molecule has 1 atom stereocenters. The minimum atomic E-state index is -4.22. The highest BCUT2D eigenvalue weighted by atomic mass is 35.5. The summed E-state index contributed by atoms with van der Waals surface area (Å²) in [6, 6.07) is 21.3. The SMILES string of the molecule is O=C(NC1CCCCC1)[C@H](Cc1ccccc1)N(Cc1ccccc1Cl)C(=O)CN1C(=O)c2ccccc2S1(=O)=O. The highest BCUT2D eigenvalue weighted by molar-refractivity contribution is 7.90. The Morgan fingerprint density at radius 2 is 1.59 bits per heavy atom. The molecule has 1 saturated carbocycles. The first-order chi connectivity index (χ1) is 19.8. The van der Waals surface area contributed by atoms with Crippen molar-refractivity contribution >= 4 is 39.3 Å². The second kappa shape index (κ2) is 12.4. The highest BCUT2D eigenvalue weighted by Gasteiger charge is 2.43. The molecule has 10 heteroatoms. The zero-order valence-electron chi connectivity index (χ0n) is 22.5. The van der Waals surface area contributed by atoms with Gasteiger partial charge in [-0.3, -0.25) is 14.4 Å². The number of hydrogen-bond donors (Lipinski definition) is 1. The molecule has 0 spiro atoms. The molecule has 1 aliphatic heterocycles. The number of benzene rings is 3. The van der Waals surface area contributed by atoms with E-state index in [9.17, 15) is 22.8 Å². The molecule has 2 aliphatic rings. The molecule has 3 amide bonds. The van der Waals surface area contributed by atoms with E-state index in [-0.39, 0.29) is 35.4 Å². The first-order valence-corrected chi connectivity index (χ1v) is 15.6. The maximum atomic E-state index is 14.1. The summed E-state index contributed by atoms with van der Waals surface area (Å²) in [5.41, 5.74) is 1.46. The fraction of sp³-hybridized carbons (Fsp3) is 0.323. The van der Waals surface area contributed by atoms with E-state index in [0.717, 1.165) is 37.7 Å². The van der Waals surface area contributed by atoms with E-state index in [1.807, 2.05) is 30.3 Å². The number of fused-ring (bicyclic) bond motifs is 1. The summed E-state index contributed by atoms with van der Waals surface area (Å²) in [7, 11) is -4.22. The molecule has 1 fully saturated rings. The number of rotatable bonds is 9. The second-order valence-electron chi connectivity index (χ2n) is 10.5. The number of amides is 3. The number of nitrogens with one attached hydrogen (secondary N) is 1. The number of sulfonamides is 1. The average Bonchev–Trinajstić information content (AvgIpc) is 3.17. The van der Waals surface area contributed by atoms with Crippen LogP contribution in [-0.2, 0) is 32.6 Å². The van der Waals surface area contributed by atoms with Crippen molar-refractivity contribution in [2.75, 3.05) is 6.54 Å². The summed E-state index contributed by atoms with van der Waals surface area (Å²) in [6.45, 7) is -0.772. The topological polar surface area (TPSA) is 104 Å². The van der Waals surface area contributed by atoms with Gasteiger partial charge in [-0.2, -0.15) is 0 Å². The normalized spacial score (nSPS) is 17.1. The van der Waals surface area contributed by atoms with Crippen molar-refractivity contribution in [2.24, 2.45) is 0 Å². The summed E-state index contributed by atoms with van der Waals surface area (Å²) in [5, 5.41) is 3.55. The smallest absolute Gasteiger partial charge is 0.269 e. The van der Waals surface area contributed by atoms with Crippen LogP contribution >= 0.6 is 11.6 Å². The molecule has 8 nitrogen and oxygen atoms in total. The minimum absolute atomic E-state index is 0.00169. The standard InChI is InChI=1S/C31H32ClN3O5S/c32-26-17-9-7-13-23(26)20-34(29(36)21-35-31(38)25-16-8-10-18-28(25)41(35,39)40)27(19-22-11-3-1-4-12-22)30(37)33-24-14-5-2-6-15-24/h1,3-4,7-13,16-18,24,27H,2,5-6,14-15,19-21H2,(H,33,37)/t27-/m0/s1. The molecule has 1 heterocycles. The van der Waals surface area contributed by atoms with Crippen LogP contribution in [0.15, 0.2) is 83.8 Å². The third kappa shape index (κ3) is 6.31. The van der Waals surface area contributed by atoms with Crippen molar-refractivity contribution in [1.82, 2.24) is 14.5 Å². The minimum Gasteiger partial charge on any atom is -0.352 e. The van der Waals surface area contributed by atoms with Gasteiger partial charge in [-0.25, -0.2) is 12.7 Å². The van der Waals surface area contributed by atoms with Gasteiger partial charge in [-0.1, -0.05) is 91.5 Å². The monoisotopic (exact) mass is 593 g/mol. The van der Waals surface area contributed by atoms with E-state index in [1.54, 1.807) is 30.3 Å². The Labute approximate surface area is 245 Å². The van der Waals surface area contributed by atoms with E-state index in [0.29, 0.717) is 14.9 Å². The van der Waals surface area contributed by atoms with Gasteiger partial charge < -0.3 is 10.2 Å². The van der Waals surface area contributed by atoms with Crippen molar-refractivity contribution in [3.8, 4) is 0 Å². The Hall–Kier alpha value is -3.69. The third-order valence-electron chi connectivity index (χ3n) is 7.71. The summed E-state index contributed by atoms with van der Waals surface area (Å²) >= 11 is 6.47. The molecular formula is C31H32ClN3O5S. The zero-order chi connectivity index (χ0) is 29.0. The third-order valence-corrected chi connectivity index (χ3v) is 9.87. The summed E-state index contributed by atoms with van der Waals surface area (Å²) in [4.78, 5) is 42.3. The number of carbonyl (C=O) groups excluding carboxylic acids is 3. The van der Waals surface area contributed by atoms with E-state index in [1.165, 1.54) is 23.1 Å². The predicted octanol–water partition coefficient (Wildman–Crippen LogP) is 4.57. The van der Waals surface area contributed by atoms with Crippen LogP contribution in [0.3, 0.4) is 0 Å². The average molecular weight is 594 g/mol. The largest absolute Gasteiger partial charge is 0.352 e. The molecule has 0 unspecified atom stereocenters.